The van der Waals surface area contributed by atoms with Crippen LogP contribution in [0.15, 0.2) is 5.57 Å². The van der Waals surface area contributed by atoms with Crippen molar-refractivity contribution < 1.29 is 0 Å². The van der Waals surface area contributed by atoms with Gasteiger partial charge in [0.25, 0.3) is 0 Å². The maximum absolute atomic E-state index is 4.40. The van der Waals surface area contributed by atoms with Crippen LogP contribution >= 0.6 is 37.2 Å². The summed E-state index contributed by atoms with van der Waals surface area (Å²) in [7, 11) is 1.99. The minimum Gasteiger partial charge on any atom is -0.272 e. The fourth-order valence-corrected chi connectivity index (χ4v) is 1.57. The number of halogens is 2. The Morgan fingerprint density at radius 3 is 1.87 bits per heavy atom. The van der Waals surface area contributed by atoms with Gasteiger partial charge >= 0.3 is 0 Å². The first kappa shape index (κ1) is 15.4. The molecule has 0 amide bonds. The van der Waals surface area contributed by atoms with E-state index in [1.54, 1.807) is 0 Å². The molecule has 0 saturated carbocycles. The summed E-state index contributed by atoms with van der Waals surface area (Å²) in [5, 5.41) is 4.40. The summed E-state index contributed by atoms with van der Waals surface area (Å²) in [6, 6.07) is 0. The Hall–Kier alpha value is 0.410. The molecule has 2 nitrogen and oxygen atoms in total. The Labute approximate surface area is 116 Å². The first-order chi connectivity index (χ1) is 6.95. The molecule has 0 fully saturated rings. The summed E-state index contributed by atoms with van der Waals surface area (Å²) in [5.41, 5.74) is 6.39. The molecule has 1 aromatic heterocycles. The number of aryl methyl sites for hydroxylation is 2. The van der Waals surface area contributed by atoms with Crippen LogP contribution in [0.25, 0.3) is 5.57 Å². The Morgan fingerprint density at radius 2 is 1.60 bits per heavy atom. The van der Waals surface area contributed by atoms with Crippen molar-refractivity contribution in [2.45, 2.75) is 34.6 Å². The minimum absolute atomic E-state index is 1.12. The molecule has 1 heterocycles. The molecular formula is C11H18I2N2. The van der Waals surface area contributed by atoms with Crippen LogP contribution in [0.5, 0.6) is 0 Å². The third-order valence-corrected chi connectivity index (χ3v) is 2.63. The summed E-state index contributed by atoms with van der Waals surface area (Å²) < 4.78 is 1.94. The van der Waals surface area contributed by atoms with E-state index in [9.17, 15) is 0 Å². The molecule has 0 radical (unpaired) electrons. The predicted molar refractivity (Wildman–Crippen MR) is 84.7 cm³/mol. The first-order valence-electron chi connectivity index (χ1n) is 4.74. The van der Waals surface area contributed by atoms with Gasteiger partial charge in [-0.2, -0.15) is 5.10 Å². The highest BCUT2D eigenvalue weighted by atomic mass is 128. The topological polar surface area (TPSA) is 17.8 Å². The molecule has 15 heavy (non-hydrogen) atoms. The summed E-state index contributed by atoms with van der Waals surface area (Å²) >= 11 is 4.24. The van der Waals surface area contributed by atoms with Gasteiger partial charge in [-0.25, -0.2) is 0 Å². The second-order valence-corrected chi connectivity index (χ2v) is 3.79. The lowest BCUT2D eigenvalue weighted by Gasteiger charge is -2.04. The Balaban J connectivity index is 0.000000921. The van der Waals surface area contributed by atoms with Crippen molar-refractivity contribution >= 4 is 42.8 Å². The molecule has 0 aliphatic rings. The zero-order valence-corrected chi connectivity index (χ0v) is 14.5. The van der Waals surface area contributed by atoms with E-state index < -0.39 is 0 Å². The van der Waals surface area contributed by atoms with Crippen LogP contribution in [0.4, 0.5) is 0 Å². The lowest BCUT2D eigenvalue weighted by molar-refractivity contribution is 0.731. The second kappa shape index (κ2) is 6.88. The number of hydrogen-bond acceptors (Lipinski definition) is 1. The van der Waals surface area contributed by atoms with Gasteiger partial charge in [-0.05, 0) is 40.2 Å². The van der Waals surface area contributed by atoms with Crippen LogP contribution in [0.1, 0.15) is 37.7 Å². The van der Waals surface area contributed by atoms with E-state index in [-0.39, 0.29) is 0 Å². The number of rotatable bonds is 1. The zero-order chi connectivity index (χ0) is 12.2. The van der Waals surface area contributed by atoms with E-state index in [4.69, 9.17) is 0 Å². The van der Waals surface area contributed by atoms with Gasteiger partial charge < -0.3 is 0 Å². The third-order valence-electron chi connectivity index (χ3n) is 2.63. The second-order valence-electron chi connectivity index (χ2n) is 3.79. The molecule has 0 saturated heterocycles. The fourth-order valence-electron chi connectivity index (χ4n) is 1.57. The van der Waals surface area contributed by atoms with Gasteiger partial charge in [-0.1, -0.05) is 5.57 Å². The molecule has 86 valence electrons. The van der Waals surface area contributed by atoms with Crippen molar-refractivity contribution in [3.05, 3.63) is 22.5 Å². The molecule has 0 bridgehead atoms. The number of hydrogen-bond donors (Lipinski definition) is 0. The van der Waals surface area contributed by atoms with E-state index in [0.717, 1.165) is 5.69 Å². The molecule has 0 aromatic carbocycles. The Bertz CT molecular complexity index is 361. The average Bonchev–Trinajstić information content (AvgIpc) is 2.43. The van der Waals surface area contributed by atoms with E-state index in [1.807, 2.05) is 11.7 Å². The predicted octanol–water partition coefficient (Wildman–Crippen LogP) is 4.62. The molecule has 1 rings (SSSR count). The van der Waals surface area contributed by atoms with Gasteiger partial charge in [0.15, 0.2) is 0 Å². The van der Waals surface area contributed by atoms with Gasteiger partial charge in [-0.15, -0.1) is 0 Å². The monoisotopic (exact) mass is 432 g/mol. The van der Waals surface area contributed by atoms with Crippen LogP contribution in [-0.4, -0.2) is 9.78 Å². The quantitative estimate of drug-likeness (QED) is 0.593. The largest absolute Gasteiger partial charge is 0.272 e. The maximum Gasteiger partial charge on any atom is 0.0671 e. The molecule has 4 heteroatoms. The van der Waals surface area contributed by atoms with Crippen molar-refractivity contribution in [3.8, 4) is 0 Å². The van der Waals surface area contributed by atoms with Crippen molar-refractivity contribution in [1.82, 2.24) is 9.78 Å². The Kier molecular flexibility index (Phi) is 7.07. The lowest BCUT2D eigenvalue weighted by Crippen LogP contribution is -1.93. The highest BCUT2D eigenvalue weighted by molar-refractivity contribution is 15.0. The van der Waals surface area contributed by atoms with Crippen LogP contribution in [-0.2, 0) is 7.05 Å². The van der Waals surface area contributed by atoms with Crippen LogP contribution < -0.4 is 0 Å². The summed E-state index contributed by atoms with van der Waals surface area (Å²) in [6.45, 7) is 10.6. The van der Waals surface area contributed by atoms with E-state index in [2.05, 4.69) is 76.9 Å². The number of allylic oxidation sites excluding steroid dienone is 2. The summed E-state index contributed by atoms with van der Waals surface area (Å²) in [4.78, 5) is 0. The standard InChI is InChI=1S/C11H18N2.I2/c1-7(2)8(3)11-9(4)12-13(6)10(11)5;1-2/h1-6H3;. The molecule has 0 atom stereocenters. The van der Waals surface area contributed by atoms with Gasteiger partial charge in [0.05, 0.1) is 5.69 Å². The van der Waals surface area contributed by atoms with E-state index in [1.165, 1.54) is 22.4 Å². The van der Waals surface area contributed by atoms with Gasteiger partial charge in [0.2, 0.25) is 0 Å². The molecule has 0 aliphatic carbocycles. The fraction of sp³-hybridized carbons (Fsp3) is 0.545. The SMILES string of the molecule is CC(C)=C(C)c1c(C)nn(C)c1C.II. The van der Waals surface area contributed by atoms with Crippen molar-refractivity contribution in [2.24, 2.45) is 7.05 Å². The molecule has 0 unspecified atom stereocenters. The van der Waals surface area contributed by atoms with Crippen LogP contribution in [0.2, 0.25) is 0 Å². The molecular weight excluding hydrogens is 414 g/mol. The number of aromatic nitrogens is 2. The van der Waals surface area contributed by atoms with Crippen LogP contribution in [0.3, 0.4) is 0 Å². The highest BCUT2D eigenvalue weighted by Crippen LogP contribution is 2.24. The van der Waals surface area contributed by atoms with Crippen molar-refractivity contribution in [3.63, 3.8) is 0 Å². The first-order valence-corrected chi connectivity index (χ1v) is 11.0. The maximum atomic E-state index is 4.40. The van der Waals surface area contributed by atoms with E-state index >= 15 is 0 Å². The van der Waals surface area contributed by atoms with Gasteiger partial charge in [0.1, 0.15) is 0 Å². The normalized spacial score (nSPS) is 9.33. The van der Waals surface area contributed by atoms with Crippen molar-refractivity contribution in [2.75, 3.05) is 0 Å². The molecule has 0 N–H and O–H groups in total. The van der Waals surface area contributed by atoms with Crippen molar-refractivity contribution in [1.29, 1.82) is 0 Å². The Morgan fingerprint density at radius 1 is 1.13 bits per heavy atom. The molecule has 0 spiro atoms. The smallest absolute Gasteiger partial charge is 0.0671 e. The van der Waals surface area contributed by atoms with E-state index in [0.29, 0.717) is 0 Å². The van der Waals surface area contributed by atoms with Gasteiger partial charge in [0, 0.05) is 55.5 Å². The average molecular weight is 432 g/mol. The minimum atomic E-state index is 1.12. The molecule has 1 aromatic rings. The number of nitrogens with zero attached hydrogens (tertiary/aromatic N) is 2. The summed E-state index contributed by atoms with van der Waals surface area (Å²) in [5.74, 6) is 0. The van der Waals surface area contributed by atoms with Gasteiger partial charge in [-0.3, -0.25) is 4.68 Å². The zero-order valence-electron chi connectivity index (χ0n) is 10.2. The highest BCUT2D eigenvalue weighted by Gasteiger charge is 2.10. The third kappa shape index (κ3) is 3.72. The summed E-state index contributed by atoms with van der Waals surface area (Å²) in [6.07, 6.45) is 0. The lowest BCUT2D eigenvalue weighted by atomic mass is 10.0. The molecule has 0 aliphatic heterocycles. The van der Waals surface area contributed by atoms with Crippen LogP contribution in [0, 0.1) is 13.8 Å².